The lowest BCUT2D eigenvalue weighted by molar-refractivity contribution is 0.545. The molecule has 0 radical (unpaired) electrons. The monoisotopic (exact) mass is 231 g/mol. The maximum Gasteiger partial charge on any atom is 0.326 e. The van der Waals surface area contributed by atoms with Crippen molar-refractivity contribution < 1.29 is 0 Å². The highest BCUT2D eigenvalue weighted by molar-refractivity contribution is 5.79. The summed E-state index contributed by atoms with van der Waals surface area (Å²) in [4.78, 5) is 15.0. The second-order valence-electron chi connectivity index (χ2n) is 4.92. The maximum atomic E-state index is 12.1. The van der Waals surface area contributed by atoms with Crippen LogP contribution in [0.3, 0.4) is 0 Å². The number of H-pyrrole nitrogens is 1. The van der Waals surface area contributed by atoms with Crippen LogP contribution in [-0.4, -0.2) is 22.6 Å². The molecule has 4 nitrogen and oxygen atoms in total. The third kappa shape index (κ3) is 1.60. The van der Waals surface area contributed by atoms with Gasteiger partial charge >= 0.3 is 5.69 Å². The van der Waals surface area contributed by atoms with E-state index in [4.69, 9.17) is 0 Å². The summed E-state index contributed by atoms with van der Waals surface area (Å²) in [6.07, 6.45) is 1.03. The van der Waals surface area contributed by atoms with E-state index in [1.54, 1.807) is 0 Å². The van der Waals surface area contributed by atoms with Gasteiger partial charge in [0, 0.05) is 6.54 Å². The predicted molar refractivity (Wildman–Crippen MR) is 68.6 cm³/mol. The van der Waals surface area contributed by atoms with Crippen LogP contribution in [0.4, 0.5) is 0 Å². The smallest absolute Gasteiger partial charge is 0.315 e. The molecule has 1 unspecified atom stereocenters. The molecule has 2 N–H and O–H groups in total. The minimum absolute atomic E-state index is 0.0161. The van der Waals surface area contributed by atoms with Crippen LogP contribution < -0.4 is 11.0 Å². The van der Waals surface area contributed by atoms with Gasteiger partial charge in [-0.05, 0) is 44.0 Å². The number of aromatic nitrogens is 2. The largest absolute Gasteiger partial charge is 0.326 e. The van der Waals surface area contributed by atoms with Crippen LogP contribution in [0.2, 0.25) is 0 Å². The Hall–Kier alpha value is -1.55. The second-order valence-corrected chi connectivity index (χ2v) is 4.92. The molecule has 0 amide bonds. The normalized spacial score (nSPS) is 20.2. The number of rotatable bonds is 1. The molecule has 1 aromatic heterocycles. The molecular formula is C13H17N3O. The van der Waals surface area contributed by atoms with Gasteiger partial charge in [-0.1, -0.05) is 6.07 Å². The third-order valence-corrected chi connectivity index (χ3v) is 3.55. The Morgan fingerprint density at radius 2 is 2.18 bits per heavy atom. The summed E-state index contributed by atoms with van der Waals surface area (Å²) in [5, 5.41) is 3.31. The van der Waals surface area contributed by atoms with Gasteiger partial charge in [0.2, 0.25) is 0 Å². The highest BCUT2D eigenvalue weighted by Gasteiger charge is 2.21. The van der Waals surface area contributed by atoms with Crippen LogP contribution in [0.1, 0.15) is 23.6 Å². The summed E-state index contributed by atoms with van der Waals surface area (Å²) in [7, 11) is 0. The Morgan fingerprint density at radius 3 is 2.88 bits per heavy atom. The number of hydrogen-bond acceptors (Lipinski definition) is 2. The van der Waals surface area contributed by atoms with Crippen molar-refractivity contribution in [3.05, 3.63) is 33.7 Å². The molecule has 1 atom stereocenters. The molecule has 1 aliphatic rings. The van der Waals surface area contributed by atoms with Crippen molar-refractivity contribution in [2.75, 3.05) is 13.1 Å². The number of nitrogens with one attached hydrogen (secondary N) is 2. The van der Waals surface area contributed by atoms with E-state index in [0.29, 0.717) is 0 Å². The van der Waals surface area contributed by atoms with Crippen molar-refractivity contribution in [2.24, 2.45) is 0 Å². The molecule has 1 saturated heterocycles. The average molecular weight is 231 g/mol. The molecule has 90 valence electrons. The number of benzene rings is 1. The van der Waals surface area contributed by atoms with Crippen LogP contribution in [0.25, 0.3) is 11.0 Å². The lowest BCUT2D eigenvalue weighted by atomic mass is 10.1. The molecule has 1 aromatic carbocycles. The van der Waals surface area contributed by atoms with Crippen molar-refractivity contribution in [1.29, 1.82) is 0 Å². The van der Waals surface area contributed by atoms with Crippen LogP contribution in [0.15, 0.2) is 16.9 Å². The minimum atomic E-state index is 0.0161. The maximum absolute atomic E-state index is 12.1. The van der Waals surface area contributed by atoms with E-state index in [0.717, 1.165) is 30.5 Å². The topological polar surface area (TPSA) is 49.8 Å². The van der Waals surface area contributed by atoms with E-state index in [9.17, 15) is 4.79 Å². The fourth-order valence-corrected chi connectivity index (χ4v) is 2.86. The summed E-state index contributed by atoms with van der Waals surface area (Å²) in [5.41, 5.74) is 4.40. The van der Waals surface area contributed by atoms with Crippen molar-refractivity contribution in [3.63, 3.8) is 0 Å². The lowest BCUT2D eigenvalue weighted by Gasteiger charge is -2.12. The highest BCUT2D eigenvalue weighted by atomic mass is 16.1. The van der Waals surface area contributed by atoms with Crippen LogP contribution in [-0.2, 0) is 0 Å². The van der Waals surface area contributed by atoms with Crippen molar-refractivity contribution in [1.82, 2.24) is 14.9 Å². The van der Waals surface area contributed by atoms with E-state index < -0.39 is 0 Å². The van der Waals surface area contributed by atoms with Gasteiger partial charge in [-0.25, -0.2) is 4.79 Å². The molecule has 17 heavy (non-hydrogen) atoms. The third-order valence-electron chi connectivity index (χ3n) is 3.55. The van der Waals surface area contributed by atoms with Gasteiger partial charge in [-0.15, -0.1) is 0 Å². The quantitative estimate of drug-likeness (QED) is 0.781. The molecule has 2 heterocycles. The van der Waals surface area contributed by atoms with Crippen LogP contribution in [0.5, 0.6) is 0 Å². The molecule has 0 spiro atoms. The Labute approximate surface area is 99.6 Å². The first-order valence-electron chi connectivity index (χ1n) is 6.09. The van der Waals surface area contributed by atoms with Crippen molar-refractivity contribution >= 4 is 11.0 Å². The molecule has 0 aliphatic carbocycles. The molecular weight excluding hydrogens is 214 g/mol. The summed E-state index contributed by atoms with van der Waals surface area (Å²) in [6, 6.07) is 4.47. The van der Waals surface area contributed by atoms with E-state index >= 15 is 0 Å². The van der Waals surface area contributed by atoms with Gasteiger partial charge in [0.25, 0.3) is 0 Å². The zero-order valence-electron chi connectivity index (χ0n) is 10.2. The standard InChI is InChI=1S/C13H17N3O/c1-8-5-9(2)12-11(6-8)15-13(17)16(12)10-3-4-14-7-10/h5-6,10,14H,3-4,7H2,1-2H3,(H,15,17). The SMILES string of the molecule is Cc1cc(C)c2c(c1)[nH]c(=O)n2C1CCNC1. The Balaban J connectivity index is 2.30. The number of imidazole rings is 1. The van der Waals surface area contributed by atoms with Crippen molar-refractivity contribution in [3.8, 4) is 0 Å². The second kappa shape index (κ2) is 3.74. The first-order chi connectivity index (χ1) is 8.16. The first kappa shape index (κ1) is 10.6. The highest BCUT2D eigenvalue weighted by Crippen LogP contribution is 2.23. The number of aryl methyl sites for hydroxylation is 2. The van der Waals surface area contributed by atoms with E-state index in [1.807, 2.05) is 10.6 Å². The van der Waals surface area contributed by atoms with E-state index in [2.05, 4.69) is 30.2 Å². The van der Waals surface area contributed by atoms with Gasteiger partial charge in [0.05, 0.1) is 17.1 Å². The molecule has 1 aliphatic heterocycles. The summed E-state index contributed by atoms with van der Waals surface area (Å²) in [5.74, 6) is 0. The predicted octanol–water partition coefficient (Wildman–Crippen LogP) is 1.48. The zero-order valence-corrected chi connectivity index (χ0v) is 10.2. The lowest BCUT2D eigenvalue weighted by Crippen LogP contribution is -2.24. The van der Waals surface area contributed by atoms with Gasteiger partial charge in [-0.3, -0.25) is 4.57 Å². The summed E-state index contributed by atoms with van der Waals surface area (Å²) >= 11 is 0. The van der Waals surface area contributed by atoms with Gasteiger partial charge < -0.3 is 10.3 Å². The fourth-order valence-electron chi connectivity index (χ4n) is 2.86. The van der Waals surface area contributed by atoms with Gasteiger partial charge in [0.1, 0.15) is 0 Å². The zero-order chi connectivity index (χ0) is 12.0. The number of nitrogens with zero attached hydrogens (tertiary/aromatic N) is 1. The summed E-state index contributed by atoms with van der Waals surface area (Å²) < 4.78 is 1.92. The molecule has 0 bridgehead atoms. The van der Waals surface area contributed by atoms with Crippen LogP contribution >= 0.6 is 0 Å². The van der Waals surface area contributed by atoms with Gasteiger partial charge in [-0.2, -0.15) is 0 Å². The van der Waals surface area contributed by atoms with Crippen LogP contribution in [0, 0.1) is 13.8 Å². The Morgan fingerprint density at radius 1 is 1.35 bits per heavy atom. The molecule has 3 rings (SSSR count). The minimum Gasteiger partial charge on any atom is -0.315 e. The summed E-state index contributed by atoms with van der Waals surface area (Å²) in [6.45, 7) is 6.01. The van der Waals surface area contributed by atoms with Crippen molar-refractivity contribution in [2.45, 2.75) is 26.3 Å². The number of hydrogen-bond donors (Lipinski definition) is 2. The first-order valence-corrected chi connectivity index (χ1v) is 6.09. The van der Waals surface area contributed by atoms with E-state index in [1.165, 1.54) is 11.1 Å². The molecule has 0 saturated carbocycles. The Bertz CT molecular complexity index is 617. The molecule has 4 heteroatoms. The average Bonchev–Trinajstić information content (AvgIpc) is 2.83. The van der Waals surface area contributed by atoms with E-state index in [-0.39, 0.29) is 11.7 Å². The molecule has 1 fully saturated rings. The number of aromatic amines is 1. The van der Waals surface area contributed by atoms with Gasteiger partial charge in [0.15, 0.2) is 0 Å². The number of fused-ring (bicyclic) bond motifs is 1. The molecule has 2 aromatic rings. The fraction of sp³-hybridized carbons (Fsp3) is 0.462. The Kier molecular flexibility index (Phi) is 2.33.